The van der Waals surface area contributed by atoms with E-state index in [0.29, 0.717) is 13.1 Å². The number of furan rings is 1. The highest BCUT2D eigenvalue weighted by atomic mass is 32.2. The van der Waals surface area contributed by atoms with E-state index in [1.54, 1.807) is 18.0 Å². The van der Waals surface area contributed by atoms with Gasteiger partial charge in [-0.2, -0.15) is 0 Å². The molecule has 2 aromatic rings. The van der Waals surface area contributed by atoms with Crippen molar-refractivity contribution in [3.05, 3.63) is 72.7 Å². The minimum atomic E-state index is 0.625. The molecule has 0 spiro atoms. The van der Waals surface area contributed by atoms with Gasteiger partial charge < -0.3 is 9.32 Å². The molecule has 0 aliphatic heterocycles. The van der Waals surface area contributed by atoms with E-state index in [1.165, 1.54) is 5.56 Å². The van der Waals surface area contributed by atoms with E-state index in [4.69, 9.17) is 4.42 Å². The summed E-state index contributed by atoms with van der Waals surface area (Å²) in [6.45, 7) is 5.87. The highest BCUT2D eigenvalue weighted by Crippen LogP contribution is 2.16. The van der Waals surface area contributed by atoms with Gasteiger partial charge in [-0.25, -0.2) is 0 Å². The minimum Gasteiger partial charge on any atom is -0.467 e. The van der Waals surface area contributed by atoms with E-state index in [9.17, 15) is 0 Å². The summed E-state index contributed by atoms with van der Waals surface area (Å²) in [4.78, 5) is 6.81. The van der Waals surface area contributed by atoms with Crippen LogP contribution in [0.25, 0.3) is 0 Å². The third-order valence-electron chi connectivity index (χ3n) is 2.95. The van der Waals surface area contributed by atoms with Gasteiger partial charge in [0.25, 0.3) is 0 Å². The van der Waals surface area contributed by atoms with Crippen molar-refractivity contribution >= 4 is 16.9 Å². The maximum Gasteiger partial charge on any atom is 0.159 e. The highest BCUT2D eigenvalue weighted by Gasteiger charge is 2.13. The molecular formula is C17H20N2OS. The zero-order chi connectivity index (χ0) is 14.9. The number of hydrogen-bond donors (Lipinski definition) is 0. The van der Waals surface area contributed by atoms with Crippen molar-refractivity contribution in [3.8, 4) is 0 Å². The lowest BCUT2D eigenvalue weighted by Crippen LogP contribution is -2.28. The van der Waals surface area contributed by atoms with Crippen LogP contribution >= 0.6 is 11.8 Å². The lowest BCUT2D eigenvalue weighted by Gasteiger charge is -2.24. The number of benzene rings is 1. The fraction of sp³-hybridized carbons (Fsp3) is 0.235. The second-order valence-corrected chi connectivity index (χ2v) is 5.31. The van der Waals surface area contributed by atoms with Crippen LogP contribution in [0.5, 0.6) is 0 Å². The van der Waals surface area contributed by atoms with Crippen LogP contribution < -0.4 is 0 Å². The zero-order valence-electron chi connectivity index (χ0n) is 12.2. The van der Waals surface area contributed by atoms with Crippen LogP contribution in [0.4, 0.5) is 0 Å². The SMILES string of the molecule is C=CCN=C(SC)N(Cc1ccccc1)Cc1ccco1. The monoisotopic (exact) mass is 300 g/mol. The Balaban J connectivity index is 2.18. The van der Waals surface area contributed by atoms with Crippen molar-refractivity contribution in [1.82, 2.24) is 4.90 Å². The Morgan fingerprint density at radius 2 is 2.05 bits per heavy atom. The molecule has 0 atom stereocenters. The number of aliphatic imine (C=N–C) groups is 1. The summed E-state index contributed by atoms with van der Waals surface area (Å²) >= 11 is 1.65. The van der Waals surface area contributed by atoms with Gasteiger partial charge in [-0.15, -0.1) is 6.58 Å². The Morgan fingerprint density at radius 3 is 2.67 bits per heavy atom. The van der Waals surface area contributed by atoms with Gasteiger partial charge in [0.1, 0.15) is 5.76 Å². The van der Waals surface area contributed by atoms with E-state index in [0.717, 1.165) is 17.5 Å². The molecule has 0 radical (unpaired) electrons. The van der Waals surface area contributed by atoms with E-state index >= 15 is 0 Å². The van der Waals surface area contributed by atoms with E-state index in [2.05, 4.69) is 40.7 Å². The minimum absolute atomic E-state index is 0.625. The van der Waals surface area contributed by atoms with E-state index < -0.39 is 0 Å². The first-order valence-electron chi connectivity index (χ1n) is 6.84. The summed E-state index contributed by atoms with van der Waals surface area (Å²) in [6, 6.07) is 14.3. The van der Waals surface area contributed by atoms with Gasteiger partial charge in [-0.3, -0.25) is 4.99 Å². The molecule has 4 heteroatoms. The molecule has 0 aliphatic rings. The van der Waals surface area contributed by atoms with Crippen molar-refractivity contribution in [3.63, 3.8) is 0 Å². The average molecular weight is 300 g/mol. The Bertz CT molecular complexity index is 564. The Labute approximate surface area is 130 Å². The second-order valence-electron chi connectivity index (χ2n) is 4.54. The maximum absolute atomic E-state index is 5.47. The van der Waals surface area contributed by atoms with Gasteiger partial charge in [0.2, 0.25) is 0 Å². The van der Waals surface area contributed by atoms with Crippen molar-refractivity contribution in [2.75, 3.05) is 12.8 Å². The smallest absolute Gasteiger partial charge is 0.159 e. The normalized spacial score (nSPS) is 11.4. The molecule has 110 valence electrons. The van der Waals surface area contributed by atoms with Crippen LogP contribution in [-0.2, 0) is 13.1 Å². The molecule has 0 bridgehead atoms. The fourth-order valence-corrected chi connectivity index (χ4v) is 2.61. The van der Waals surface area contributed by atoms with Gasteiger partial charge in [0.05, 0.1) is 19.4 Å². The van der Waals surface area contributed by atoms with Gasteiger partial charge in [0.15, 0.2) is 5.17 Å². The predicted octanol–water partition coefficient (Wildman–Crippen LogP) is 4.19. The molecular weight excluding hydrogens is 280 g/mol. The molecule has 0 amide bonds. The number of nitrogens with zero attached hydrogens (tertiary/aromatic N) is 2. The summed E-state index contributed by atoms with van der Waals surface area (Å²) in [7, 11) is 0. The van der Waals surface area contributed by atoms with Crippen LogP contribution in [0.2, 0.25) is 0 Å². The van der Waals surface area contributed by atoms with E-state index in [-0.39, 0.29) is 0 Å². The quantitative estimate of drug-likeness (QED) is 0.455. The fourth-order valence-electron chi connectivity index (χ4n) is 2.02. The third kappa shape index (κ3) is 4.83. The summed E-state index contributed by atoms with van der Waals surface area (Å²) in [5.41, 5.74) is 1.25. The van der Waals surface area contributed by atoms with Crippen LogP contribution in [0.1, 0.15) is 11.3 Å². The standard InChI is InChI=1S/C17H20N2OS/c1-3-11-18-17(21-2)19(14-16-10-7-12-20-16)13-15-8-5-4-6-9-15/h3-10,12H,1,11,13-14H2,2H3. The molecule has 0 saturated heterocycles. The van der Waals surface area contributed by atoms with Crippen LogP contribution in [0, 0.1) is 0 Å². The highest BCUT2D eigenvalue weighted by molar-refractivity contribution is 8.13. The predicted molar refractivity (Wildman–Crippen MR) is 90.4 cm³/mol. The summed E-state index contributed by atoms with van der Waals surface area (Å²) in [5, 5.41) is 0.996. The first-order valence-corrected chi connectivity index (χ1v) is 8.06. The molecule has 0 aliphatic carbocycles. The molecule has 0 unspecified atom stereocenters. The third-order valence-corrected chi connectivity index (χ3v) is 3.70. The number of amidine groups is 1. The molecule has 1 aromatic carbocycles. The maximum atomic E-state index is 5.47. The van der Waals surface area contributed by atoms with Crippen molar-refractivity contribution in [1.29, 1.82) is 0 Å². The molecule has 1 aromatic heterocycles. The average Bonchev–Trinajstić information content (AvgIpc) is 3.02. The number of hydrogen-bond acceptors (Lipinski definition) is 3. The summed E-state index contributed by atoms with van der Waals surface area (Å²) < 4.78 is 5.47. The first kappa shape index (κ1) is 15.4. The Morgan fingerprint density at radius 1 is 1.24 bits per heavy atom. The Kier molecular flexibility index (Phi) is 6.16. The molecule has 2 rings (SSSR count). The number of thioether (sulfide) groups is 1. The van der Waals surface area contributed by atoms with E-state index in [1.807, 2.05) is 30.5 Å². The number of rotatable bonds is 6. The molecule has 0 fully saturated rings. The van der Waals surface area contributed by atoms with Crippen LogP contribution in [0.15, 0.2) is 70.8 Å². The topological polar surface area (TPSA) is 28.7 Å². The van der Waals surface area contributed by atoms with Crippen LogP contribution in [0.3, 0.4) is 0 Å². The molecule has 3 nitrogen and oxygen atoms in total. The summed E-state index contributed by atoms with van der Waals surface area (Å²) in [5.74, 6) is 0.936. The second kappa shape index (κ2) is 8.37. The molecule has 1 heterocycles. The Hall–Kier alpha value is -1.94. The lowest BCUT2D eigenvalue weighted by molar-refractivity contribution is 0.361. The molecule has 21 heavy (non-hydrogen) atoms. The largest absolute Gasteiger partial charge is 0.467 e. The van der Waals surface area contributed by atoms with Crippen molar-refractivity contribution in [2.24, 2.45) is 4.99 Å². The zero-order valence-corrected chi connectivity index (χ0v) is 13.1. The van der Waals surface area contributed by atoms with Gasteiger partial charge in [-0.05, 0) is 24.0 Å². The molecule has 0 N–H and O–H groups in total. The molecule has 0 saturated carbocycles. The van der Waals surface area contributed by atoms with Crippen molar-refractivity contribution < 1.29 is 4.42 Å². The van der Waals surface area contributed by atoms with Gasteiger partial charge >= 0.3 is 0 Å². The van der Waals surface area contributed by atoms with Gasteiger partial charge in [-0.1, -0.05) is 48.2 Å². The van der Waals surface area contributed by atoms with Crippen molar-refractivity contribution in [2.45, 2.75) is 13.1 Å². The van der Waals surface area contributed by atoms with Crippen LogP contribution in [-0.4, -0.2) is 22.9 Å². The van der Waals surface area contributed by atoms with Gasteiger partial charge in [0, 0.05) is 6.54 Å². The first-order chi connectivity index (χ1) is 10.3. The lowest BCUT2D eigenvalue weighted by atomic mass is 10.2. The summed E-state index contributed by atoms with van der Waals surface area (Å²) in [6.07, 6.45) is 5.56.